The highest BCUT2D eigenvalue weighted by molar-refractivity contribution is 5.93. The Morgan fingerprint density at radius 2 is 1.88 bits per heavy atom. The third-order valence-electron chi connectivity index (χ3n) is 4.43. The number of alkyl carbamates (subject to hydrolysis) is 1. The van der Waals surface area contributed by atoms with Crippen LogP contribution in [0.3, 0.4) is 0 Å². The molecule has 1 rings (SSSR count). The maximum atomic E-state index is 13.3. The molecule has 0 spiro atoms. The van der Waals surface area contributed by atoms with Crippen molar-refractivity contribution in [1.82, 2.24) is 15.5 Å². The van der Waals surface area contributed by atoms with Crippen LogP contribution in [0.5, 0.6) is 5.75 Å². The zero-order chi connectivity index (χ0) is 26.1. The van der Waals surface area contributed by atoms with Crippen molar-refractivity contribution in [2.75, 3.05) is 26.8 Å². The second-order valence-electron chi connectivity index (χ2n) is 8.25. The third-order valence-corrected chi connectivity index (χ3v) is 4.43. The molecule has 1 aromatic carbocycles. The van der Waals surface area contributed by atoms with Gasteiger partial charge in [-0.25, -0.2) is 4.79 Å². The summed E-state index contributed by atoms with van der Waals surface area (Å²) in [5.41, 5.74) is -0.271. The zero-order valence-electron chi connectivity index (χ0n) is 19.7. The van der Waals surface area contributed by atoms with Gasteiger partial charge in [-0.05, 0) is 51.0 Å². The van der Waals surface area contributed by atoms with Gasteiger partial charge < -0.3 is 35.2 Å². The van der Waals surface area contributed by atoms with E-state index in [-0.39, 0.29) is 11.3 Å². The van der Waals surface area contributed by atoms with E-state index < -0.39 is 61.3 Å². The van der Waals surface area contributed by atoms with Gasteiger partial charge in [0.25, 0.3) is 0 Å². The Balaban J connectivity index is 3.38. The lowest BCUT2D eigenvalue weighted by Crippen LogP contribution is -2.54. The predicted octanol–water partition coefficient (Wildman–Crippen LogP) is 0.269. The van der Waals surface area contributed by atoms with E-state index >= 15 is 0 Å². The first-order valence-electron chi connectivity index (χ1n) is 10.3. The summed E-state index contributed by atoms with van der Waals surface area (Å²) in [5, 5.41) is 33.5. The molecule has 2 atom stereocenters. The summed E-state index contributed by atoms with van der Waals surface area (Å²) >= 11 is 0. The number of amides is 3. The smallest absolute Gasteiger partial charge is 0.408 e. The summed E-state index contributed by atoms with van der Waals surface area (Å²) in [4.78, 5) is 50.8. The second kappa shape index (κ2) is 12.4. The molecule has 186 valence electrons. The Labute approximate surface area is 197 Å². The summed E-state index contributed by atoms with van der Waals surface area (Å²) in [6.45, 7) is 4.46. The fraction of sp³-hybridized carbons (Fsp3) is 0.500. The van der Waals surface area contributed by atoms with E-state index in [1.165, 1.54) is 18.2 Å². The van der Waals surface area contributed by atoms with Gasteiger partial charge >= 0.3 is 12.1 Å². The van der Waals surface area contributed by atoms with Crippen molar-refractivity contribution in [2.24, 2.45) is 0 Å². The first-order valence-corrected chi connectivity index (χ1v) is 10.3. The number of hydrogen-bond donors (Lipinski definition) is 4. The number of hydrogen-bond acceptors (Lipinski definition) is 9. The number of aromatic hydroxyl groups is 1. The van der Waals surface area contributed by atoms with Gasteiger partial charge in [-0.2, -0.15) is 5.26 Å². The fourth-order valence-corrected chi connectivity index (χ4v) is 2.86. The number of nitrogens with one attached hydrogen (secondary N) is 2. The predicted molar refractivity (Wildman–Crippen MR) is 118 cm³/mol. The molecule has 0 heterocycles. The van der Waals surface area contributed by atoms with E-state index in [9.17, 15) is 34.7 Å². The topological polar surface area (TPSA) is 178 Å². The summed E-state index contributed by atoms with van der Waals surface area (Å²) in [5.74, 6) is -2.57. The van der Waals surface area contributed by atoms with Gasteiger partial charge in [-0.3, -0.25) is 14.4 Å². The molecule has 0 aliphatic carbocycles. The lowest BCUT2D eigenvalue weighted by Gasteiger charge is -2.32. The van der Waals surface area contributed by atoms with Crippen molar-refractivity contribution in [2.45, 2.75) is 45.4 Å². The molecule has 0 saturated heterocycles. The molecule has 0 aliphatic heterocycles. The lowest BCUT2D eigenvalue weighted by atomic mass is 10.0. The minimum Gasteiger partial charge on any atom is -0.508 e. The van der Waals surface area contributed by atoms with Gasteiger partial charge in [0, 0.05) is 0 Å². The van der Waals surface area contributed by atoms with Crippen molar-refractivity contribution in [3.63, 3.8) is 0 Å². The maximum absolute atomic E-state index is 13.3. The first-order chi connectivity index (χ1) is 15.8. The van der Waals surface area contributed by atoms with Crippen LogP contribution in [0.1, 0.15) is 37.9 Å². The number of carbonyl (C=O) groups excluding carboxylic acids is 4. The summed E-state index contributed by atoms with van der Waals surface area (Å²) in [6.07, 6.45) is -0.982. The number of aryl methyl sites for hydroxylation is 1. The average molecular weight is 479 g/mol. The van der Waals surface area contributed by atoms with Crippen LogP contribution in [-0.2, 0) is 23.9 Å². The van der Waals surface area contributed by atoms with Crippen LogP contribution < -0.4 is 10.6 Å². The Morgan fingerprint density at radius 3 is 2.38 bits per heavy atom. The van der Waals surface area contributed by atoms with E-state index in [2.05, 4.69) is 15.4 Å². The zero-order valence-corrected chi connectivity index (χ0v) is 19.7. The minimum atomic E-state index is -1.53. The number of methoxy groups -OCH3 is 1. The van der Waals surface area contributed by atoms with Gasteiger partial charge in [-0.15, -0.1) is 0 Å². The van der Waals surface area contributed by atoms with Crippen molar-refractivity contribution in [3.8, 4) is 11.8 Å². The van der Waals surface area contributed by atoms with E-state index in [1.807, 2.05) is 0 Å². The highest BCUT2D eigenvalue weighted by Crippen LogP contribution is 2.27. The highest BCUT2D eigenvalue weighted by atomic mass is 16.6. The standard InChI is InChI=1S/C22H30N4O8/c1-13-10-14(6-7-16(13)28)18(19(30)24-11-17(29)33-5)26(9-8-23)20(31)15(12-27)25-21(32)34-22(2,3)4/h6-7,10,15,18,27-28H,9,11-12H2,1-5H3,(H,24,30)(H,25,32). The van der Waals surface area contributed by atoms with Crippen LogP contribution in [-0.4, -0.2) is 77.4 Å². The van der Waals surface area contributed by atoms with Crippen molar-refractivity contribution < 1.29 is 38.9 Å². The normalized spacial score (nSPS) is 12.5. The lowest BCUT2D eigenvalue weighted by molar-refractivity contribution is -0.144. The number of benzene rings is 1. The Morgan fingerprint density at radius 1 is 1.24 bits per heavy atom. The van der Waals surface area contributed by atoms with Crippen LogP contribution in [0, 0.1) is 18.3 Å². The van der Waals surface area contributed by atoms with E-state index in [0.29, 0.717) is 5.56 Å². The van der Waals surface area contributed by atoms with Gasteiger partial charge in [-0.1, -0.05) is 6.07 Å². The third kappa shape index (κ3) is 8.25. The molecule has 1 aromatic rings. The number of aliphatic hydroxyl groups excluding tert-OH is 1. The molecule has 34 heavy (non-hydrogen) atoms. The van der Waals surface area contributed by atoms with Crippen LogP contribution in [0.4, 0.5) is 4.79 Å². The van der Waals surface area contributed by atoms with Gasteiger partial charge in [0.05, 0.1) is 19.8 Å². The summed E-state index contributed by atoms with van der Waals surface area (Å²) < 4.78 is 9.60. The number of phenols is 1. The molecule has 12 nitrogen and oxygen atoms in total. The monoisotopic (exact) mass is 478 g/mol. The molecule has 12 heteroatoms. The number of esters is 1. The molecule has 0 bridgehead atoms. The average Bonchev–Trinajstić information content (AvgIpc) is 2.76. The molecule has 2 unspecified atom stereocenters. The molecule has 4 N–H and O–H groups in total. The Bertz CT molecular complexity index is 951. The quantitative estimate of drug-likeness (QED) is 0.286. The Hall–Kier alpha value is -3.85. The van der Waals surface area contributed by atoms with E-state index in [0.717, 1.165) is 12.0 Å². The van der Waals surface area contributed by atoms with Crippen molar-refractivity contribution >= 4 is 23.9 Å². The summed E-state index contributed by atoms with van der Waals surface area (Å²) in [7, 11) is 1.13. The minimum absolute atomic E-state index is 0.0598. The van der Waals surface area contributed by atoms with Crippen LogP contribution >= 0.6 is 0 Å². The number of nitriles is 1. The fourth-order valence-electron chi connectivity index (χ4n) is 2.86. The number of rotatable bonds is 9. The van der Waals surface area contributed by atoms with E-state index in [1.54, 1.807) is 33.8 Å². The highest BCUT2D eigenvalue weighted by Gasteiger charge is 2.36. The number of carbonyl (C=O) groups is 4. The van der Waals surface area contributed by atoms with Crippen LogP contribution in [0.15, 0.2) is 18.2 Å². The van der Waals surface area contributed by atoms with Gasteiger partial charge in [0.2, 0.25) is 11.8 Å². The number of phenolic OH excluding ortho intramolecular Hbond substituents is 1. The van der Waals surface area contributed by atoms with Crippen molar-refractivity contribution in [3.05, 3.63) is 29.3 Å². The molecular formula is C22H30N4O8. The van der Waals surface area contributed by atoms with Gasteiger partial charge in [0.1, 0.15) is 36.5 Å². The van der Waals surface area contributed by atoms with Crippen molar-refractivity contribution in [1.29, 1.82) is 5.26 Å². The maximum Gasteiger partial charge on any atom is 0.408 e. The van der Waals surface area contributed by atoms with Crippen LogP contribution in [0.2, 0.25) is 0 Å². The molecule has 3 amide bonds. The van der Waals surface area contributed by atoms with Crippen LogP contribution in [0.25, 0.3) is 0 Å². The second-order valence-corrected chi connectivity index (χ2v) is 8.25. The summed E-state index contributed by atoms with van der Waals surface area (Å²) in [6, 6.07) is 2.93. The molecule has 0 aliphatic rings. The SMILES string of the molecule is COC(=O)CNC(=O)C(c1ccc(O)c(C)c1)N(CC#N)C(=O)C(CO)NC(=O)OC(C)(C)C. The number of nitrogens with zero attached hydrogens (tertiary/aromatic N) is 2. The molecule has 0 fully saturated rings. The number of ether oxygens (including phenoxy) is 2. The molecule has 0 radical (unpaired) electrons. The largest absolute Gasteiger partial charge is 0.508 e. The van der Waals surface area contributed by atoms with Gasteiger partial charge in [0.15, 0.2) is 0 Å². The Kier molecular flexibility index (Phi) is 10.3. The number of aliphatic hydroxyl groups is 1. The molecule has 0 aromatic heterocycles. The molecule has 0 saturated carbocycles. The van der Waals surface area contributed by atoms with E-state index in [4.69, 9.17) is 4.74 Å². The first kappa shape index (κ1) is 28.2. The molecular weight excluding hydrogens is 448 g/mol.